The van der Waals surface area contributed by atoms with Crippen molar-refractivity contribution in [1.82, 2.24) is 15.6 Å². The minimum Gasteiger partial charge on any atom is -0.497 e. The molecule has 7 heteroatoms. The summed E-state index contributed by atoms with van der Waals surface area (Å²) >= 11 is 0. The Balaban J connectivity index is 0.00000320. The van der Waals surface area contributed by atoms with Crippen LogP contribution in [-0.4, -0.2) is 37.7 Å². The maximum atomic E-state index is 5.22. The lowest BCUT2D eigenvalue weighted by atomic mass is 10.2. The fourth-order valence-electron chi connectivity index (χ4n) is 3.47. The number of nitrogens with one attached hydrogen (secondary N) is 2. The summed E-state index contributed by atoms with van der Waals surface area (Å²) in [6.07, 6.45) is 7.06. The van der Waals surface area contributed by atoms with Crippen LogP contribution in [-0.2, 0) is 13.1 Å². The summed E-state index contributed by atoms with van der Waals surface area (Å²) < 4.78 is 5.22. The van der Waals surface area contributed by atoms with Crippen molar-refractivity contribution in [2.45, 2.75) is 45.7 Å². The number of anilines is 1. The number of halogens is 1. The van der Waals surface area contributed by atoms with Crippen molar-refractivity contribution in [3.63, 3.8) is 0 Å². The average molecular weight is 523 g/mol. The van der Waals surface area contributed by atoms with Crippen LogP contribution in [0.4, 0.5) is 5.82 Å². The summed E-state index contributed by atoms with van der Waals surface area (Å²) in [5.41, 5.74) is 2.37. The first-order valence-corrected chi connectivity index (χ1v) is 10.6. The fourth-order valence-corrected chi connectivity index (χ4v) is 3.47. The van der Waals surface area contributed by atoms with Gasteiger partial charge in [-0.15, -0.1) is 24.0 Å². The van der Waals surface area contributed by atoms with E-state index in [2.05, 4.69) is 51.7 Å². The largest absolute Gasteiger partial charge is 0.497 e. The van der Waals surface area contributed by atoms with E-state index in [1.807, 2.05) is 18.3 Å². The Hall–Kier alpha value is -2.03. The van der Waals surface area contributed by atoms with Crippen LogP contribution in [0.5, 0.6) is 5.75 Å². The van der Waals surface area contributed by atoms with E-state index in [0.717, 1.165) is 37.2 Å². The standard InChI is InChI=1S/C23H33N5O.HI/c1-3-24-23(26-17-19-8-10-21(29-2)11-9-19)27-18-20-12-13-25-22(16-20)28-14-6-4-5-7-15-28;/h8-13,16H,3-7,14-15,17-18H2,1-2H3,(H2,24,26,27);1H. The summed E-state index contributed by atoms with van der Waals surface area (Å²) in [6.45, 7) is 6.45. The maximum Gasteiger partial charge on any atom is 0.191 e. The molecule has 30 heavy (non-hydrogen) atoms. The number of pyridine rings is 1. The third-order valence-electron chi connectivity index (χ3n) is 5.12. The van der Waals surface area contributed by atoms with Gasteiger partial charge in [0, 0.05) is 32.4 Å². The maximum absolute atomic E-state index is 5.22. The van der Waals surface area contributed by atoms with Gasteiger partial charge in [-0.2, -0.15) is 0 Å². The van der Waals surface area contributed by atoms with Gasteiger partial charge in [-0.05, 0) is 55.2 Å². The van der Waals surface area contributed by atoms with Crippen LogP contribution in [0.2, 0.25) is 0 Å². The van der Waals surface area contributed by atoms with Crippen LogP contribution in [0, 0.1) is 0 Å². The monoisotopic (exact) mass is 523 g/mol. The van der Waals surface area contributed by atoms with Gasteiger partial charge in [0.2, 0.25) is 0 Å². The predicted octanol–water partition coefficient (Wildman–Crippen LogP) is 4.34. The van der Waals surface area contributed by atoms with Crippen molar-refractivity contribution in [2.24, 2.45) is 4.99 Å². The highest BCUT2D eigenvalue weighted by Crippen LogP contribution is 2.18. The number of aliphatic imine (C=N–C) groups is 1. The summed E-state index contributed by atoms with van der Waals surface area (Å²) in [5.74, 6) is 2.76. The zero-order valence-corrected chi connectivity index (χ0v) is 20.4. The Morgan fingerprint density at radius 2 is 1.77 bits per heavy atom. The van der Waals surface area contributed by atoms with Crippen LogP contribution in [0.3, 0.4) is 0 Å². The highest BCUT2D eigenvalue weighted by molar-refractivity contribution is 14.0. The molecule has 2 aromatic rings. The number of guanidine groups is 1. The minimum absolute atomic E-state index is 0. The van der Waals surface area contributed by atoms with Crippen molar-refractivity contribution in [1.29, 1.82) is 0 Å². The molecule has 2 heterocycles. The van der Waals surface area contributed by atoms with Gasteiger partial charge < -0.3 is 20.3 Å². The van der Waals surface area contributed by atoms with Gasteiger partial charge in [-0.1, -0.05) is 25.0 Å². The van der Waals surface area contributed by atoms with E-state index < -0.39 is 0 Å². The zero-order valence-electron chi connectivity index (χ0n) is 18.1. The van der Waals surface area contributed by atoms with Gasteiger partial charge in [0.05, 0.1) is 13.7 Å². The second-order valence-corrected chi connectivity index (χ2v) is 7.32. The lowest BCUT2D eigenvalue weighted by Crippen LogP contribution is -2.36. The number of ether oxygens (including phenoxy) is 1. The topological polar surface area (TPSA) is 61.8 Å². The molecule has 1 fully saturated rings. The molecule has 0 unspecified atom stereocenters. The molecule has 0 saturated carbocycles. The highest BCUT2D eigenvalue weighted by atomic mass is 127. The Morgan fingerprint density at radius 1 is 1.03 bits per heavy atom. The minimum atomic E-state index is 0. The second-order valence-electron chi connectivity index (χ2n) is 7.32. The quantitative estimate of drug-likeness (QED) is 0.321. The van der Waals surface area contributed by atoms with E-state index in [0.29, 0.717) is 13.1 Å². The Labute approximate surface area is 197 Å². The van der Waals surface area contributed by atoms with Crippen molar-refractivity contribution < 1.29 is 4.74 Å². The summed E-state index contributed by atoms with van der Waals surface area (Å²) in [6, 6.07) is 12.3. The Morgan fingerprint density at radius 3 is 2.43 bits per heavy atom. The molecule has 0 amide bonds. The number of hydrogen-bond acceptors (Lipinski definition) is 4. The summed E-state index contributed by atoms with van der Waals surface area (Å²) in [5, 5.41) is 6.72. The normalized spacial score (nSPS) is 14.5. The average Bonchev–Trinajstić information content (AvgIpc) is 3.06. The first-order valence-electron chi connectivity index (χ1n) is 10.6. The third-order valence-corrected chi connectivity index (χ3v) is 5.12. The molecule has 1 aliphatic rings. The molecule has 6 nitrogen and oxygen atoms in total. The van der Waals surface area contributed by atoms with Gasteiger partial charge in [0.15, 0.2) is 5.96 Å². The van der Waals surface area contributed by atoms with E-state index in [1.165, 1.54) is 36.8 Å². The molecule has 164 valence electrons. The molecule has 0 aliphatic carbocycles. The molecule has 0 radical (unpaired) electrons. The van der Waals surface area contributed by atoms with E-state index in [4.69, 9.17) is 9.73 Å². The van der Waals surface area contributed by atoms with E-state index >= 15 is 0 Å². The van der Waals surface area contributed by atoms with Gasteiger partial charge in [0.25, 0.3) is 0 Å². The first-order chi connectivity index (χ1) is 14.3. The van der Waals surface area contributed by atoms with Crippen LogP contribution in [0.15, 0.2) is 47.6 Å². The highest BCUT2D eigenvalue weighted by Gasteiger charge is 2.11. The molecule has 1 aromatic carbocycles. The van der Waals surface area contributed by atoms with E-state index in [9.17, 15) is 0 Å². The van der Waals surface area contributed by atoms with Crippen molar-refractivity contribution >= 4 is 35.8 Å². The van der Waals surface area contributed by atoms with Gasteiger partial charge in [-0.3, -0.25) is 0 Å². The van der Waals surface area contributed by atoms with E-state index in [-0.39, 0.29) is 24.0 Å². The number of aromatic nitrogens is 1. The molecule has 1 saturated heterocycles. The van der Waals surface area contributed by atoms with Crippen LogP contribution in [0.25, 0.3) is 0 Å². The predicted molar refractivity (Wildman–Crippen MR) is 135 cm³/mol. The van der Waals surface area contributed by atoms with Gasteiger partial charge in [0.1, 0.15) is 11.6 Å². The second kappa shape index (κ2) is 13.3. The smallest absolute Gasteiger partial charge is 0.191 e. The molecule has 1 aliphatic heterocycles. The number of rotatable bonds is 7. The van der Waals surface area contributed by atoms with Crippen molar-refractivity contribution in [2.75, 3.05) is 31.6 Å². The van der Waals surface area contributed by atoms with Crippen molar-refractivity contribution in [3.8, 4) is 5.75 Å². The summed E-state index contributed by atoms with van der Waals surface area (Å²) in [4.78, 5) is 11.8. The molecule has 2 N–H and O–H groups in total. The molecular formula is C23H34IN5O. The molecule has 0 bridgehead atoms. The van der Waals surface area contributed by atoms with E-state index in [1.54, 1.807) is 7.11 Å². The Kier molecular flexibility index (Phi) is 10.8. The molecule has 1 aromatic heterocycles. The van der Waals surface area contributed by atoms with Crippen molar-refractivity contribution in [3.05, 3.63) is 53.7 Å². The number of methoxy groups -OCH3 is 1. The molecular weight excluding hydrogens is 489 g/mol. The molecule has 0 spiro atoms. The lowest BCUT2D eigenvalue weighted by Gasteiger charge is -2.21. The van der Waals surface area contributed by atoms with Crippen LogP contribution >= 0.6 is 24.0 Å². The number of benzene rings is 1. The number of nitrogens with zero attached hydrogens (tertiary/aromatic N) is 3. The van der Waals surface area contributed by atoms with Crippen LogP contribution in [0.1, 0.15) is 43.7 Å². The Bertz CT molecular complexity index is 773. The molecule has 3 rings (SSSR count). The SMILES string of the molecule is CCNC(=NCc1ccnc(N2CCCCCC2)c1)NCc1ccc(OC)cc1.I. The number of hydrogen-bond donors (Lipinski definition) is 2. The lowest BCUT2D eigenvalue weighted by molar-refractivity contribution is 0.414. The van der Waals surface area contributed by atoms with Gasteiger partial charge >= 0.3 is 0 Å². The zero-order chi connectivity index (χ0) is 20.3. The van der Waals surface area contributed by atoms with Crippen LogP contribution < -0.4 is 20.3 Å². The fraction of sp³-hybridized carbons (Fsp3) is 0.478. The third kappa shape index (κ3) is 7.66. The molecule has 0 atom stereocenters. The van der Waals surface area contributed by atoms with Gasteiger partial charge in [-0.25, -0.2) is 9.98 Å². The first kappa shape index (κ1) is 24.2. The summed E-state index contributed by atoms with van der Waals surface area (Å²) in [7, 11) is 1.68.